The lowest BCUT2D eigenvalue weighted by Crippen LogP contribution is -2.41. The molecule has 0 heterocycles. The fraction of sp³-hybridized carbons (Fsp3) is 0.514. The van der Waals surface area contributed by atoms with E-state index in [-0.39, 0.29) is 12.0 Å². The Morgan fingerprint density at radius 2 is 1.30 bits per heavy atom. The lowest BCUT2D eigenvalue weighted by molar-refractivity contribution is -0.228. The summed E-state index contributed by atoms with van der Waals surface area (Å²) < 4.78 is 35.5. The first-order valence-electron chi connectivity index (χ1n) is 15.6. The van der Waals surface area contributed by atoms with Crippen molar-refractivity contribution in [2.24, 2.45) is 0 Å². The lowest BCUT2D eigenvalue weighted by atomic mass is 9.76. The Morgan fingerprint density at radius 1 is 0.809 bits per heavy atom. The van der Waals surface area contributed by atoms with Gasteiger partial charge in [0.2, 0.25) is 12.1 Å². The van der Waals surface area contributed by atoms with Gasteiger partial charge in [0.1, 0.15) is 11.5 Å². The predicted octanol–water partition coefficient (Wildman–Crippen LogP) is 7.65. The maximum atomic E-state index is 12.0. The molecule has 0 aliphatic heterocycles. The summed E-state index contributed by atoms with van der Waals surface area (Å²) in [5, 5.41) is 0. The Labute approximate surface area is 289 Å². The molecule has 0 radical (unpaired) electrons. The molecule has 47 heavy (non-hydrogen) atoms. The van der Waals surface area contributed by atoms with E-state index in [2.05, 4.69) is 51.3 Å². The van der Waals surface area contributed by atoms with Crippen LogP contribution >= 0.6 is 23.5 Å². The number of hydrogen-bond donors (Lipinski definition) is 0. The minimum atomic E-state index is -1.26. The van der Waals surface area contributed by atoms with Crippen LogP contribution in [0.3, 0.4) is 0 Å². The molecular weight excluding hydrogens is 637 g/mol. The predicted molar refractivity (Wildman–Crippen MR) is 193 cm³/mol. The van der Waals surface area contributed by atoms with Gasteiger partial charge in [0.25, 0.3) is 0 Å². The van der Waals surface area contributed by atoms with Gasteiger partial charge in [-0.1, -0.05) is 51.3 Å². The molecule has 0 aliphatic rings. The quantitative estimate of drug-likeness (QED) is 0.0598. The number of rotatable bonds is 20. The minimum absolute atomic E-state index is 0.0264. The highest BCUT2D eigenvalue weighted by atomic mass is 32.2. The first-order valence-corrected chi connectivity index (χ1v) is 18.4. The normalized spacial score (nSPS) is 14.0. The Morgan fingerprint density at radius 3 is 1.79 bits per heavy atom. The number of esters is 2. The molecule has 0 bridgehead atoms. The summed E-state index contributed by atoms with van der Waals surface area (Å²) in [7, 11) is 0. The first kappa shape index (κ1) is 40.3. The van der Waals surface area contributed by atoms with Crippen LogP contribution in [0, 0.1) is 27.7 Å². The van der Waals surface area contributed by atoms with Gasteiger partial charge >= 0.3 is 11.9 Å². The van der Waals surface area contributed by atoms with Crippen LogP contribution in [-0.4, -0.2) is 74.0 Å². The summed E-state index contributed by atoms with van der Waals surface area (Å²) in [6, 6.07) is 8.51. The molecule has 0 fully saturated rings. The molecule has 3 unspecified atom stereocenters. The Bertz CT molecular complexity index is 1340. The maximum Gasteiger partial charge on any atom is 0.332 e. The highest BCUT2D eigenvalue weighted by Gasteiger charge is 2.32. The van der Waals surface area contributed by atoms with Crippen molar-refractivity contribution in [2.45, 2.75) is 79.0 Å². The highest BCUT2D eigenvalue weighted by Crippen LogP contribution is 2.39. The van der Waals surface area contributed by atoms with Crippen LogP contribution in [0.1, 0.15) is 61.1 Å². The maximum absolute atomic E-state index is 12.0. The zero-order valence-corrected chi connectivity index (χ0v) is 31.3. The van der Waals surface area contributed by atoms with E-state index in [4.69, 9.17) is 28.4 Å². The van der Waals surface area contributed by atoms with Crippen molar-refractivity contribution >= 4 is 35.5 Å². The SMILES string of the molecule is C=CC(=O)OC(C)C(OCCSC)Oc1c(C)cc(C(C)(C)c2cc(C)c(OCC(C)(OCCSC)OC(=O)C=C)c(C)c2)cc1C. The highest BCUT2D eigenvalue weighted by molar-refractivity contribution is 7.98. The Balaban J connectivity index is 2.35. The number of hydrogen-bond acceptors (Lipinski definition) is 10. The zero-order valence-electron chi connectivity index (χ0n) is 29.7. The Hall–Kier alpha value is -2.92. The van der Waals surface area contributed by atoms with Gasteiger partial charge in [-0.25, -0.2) is 9.59 Å². The van der Waals surface area contributed by atoms with Crippen molar-refractivity contribution < 1.29 is 38.0 Å². The van der Waals surface area contributed by atoms with Crippen molar-refractivity contribution in [2.75, 3.05) is 43.8 Å². The molecule has 0 amide bonds. The van der Waals surface area contributed by atoms with Crippen LogP contribution in [-0.2, 0) is 34.0 Å². The van der Waals surface area contributed by atoms with Crippen LogP contribution < -0.4 is 9.47 Å². The van der Waals surface area contributed by atoms with Crippen molar-refractivity contribution in [3.05, 3.63) is 83.0 Å². The molecule has 2 aromatic rings. The molecule has 2 aromatic carbocycles. The van der Waals surface area contributed by atoms with Gasteiger partial charge in [0.15, 0.2) is 12.7 Å². The van der Waals surface area contributed by atoms with Crippen LogP contribution in [0.5, 0.6) is 11.5 Å². The summed E-state index contributed by atoms with van der Waals surface area (Å²) in [6.07, 6.45) is 4.81. The van der Waals surface area contributed by atoms with E-state index >= 15 is 0 Å². The van der Waals surface area contributed by atoms with Crippen molar-refractivity contribution in [3.63, 3.8) is 0 Å². The number of aryl methyl sites for hydroxylation is 4. The van der Waals surface area contributed by atoms with Crippen LogP contribution in [0.4, 0.5) is 0 Å². The molecule has 0 saturated heterocycles. The van der Waals surface area contributed by atoms with Gasteiger partial charge in [-0.15, -0.1) is 0 Å². The van der Waals surface area contributed by atoms with Gasteiger partial charge < -0.3 is 28.4 Å². The number of thioether (sulfide) groups is 2. The van der Waals surface area contributed by atoms with Crippen LogP contribution in [0.25, 0.3) is 0 Å². The first-order chi connectivity index (χ1) is 22.1. The van der Waals surface area contributed by atoms with Crippen molar-refractivity contribution in [3.8, 4) is 11.5 Å². The van der Waals surface area contributed by atoms with Crippen LogP contribution in [0.15, 0.2) is 49.6 Å². The molecule has 0 aliphatic carbocycles. The number of carbonyl (C=O) groups is 2. The molecule has 2 rings (SSSR count). The van der Waals surface area contributed by atoms with Crippen LogP contribution in [0.2, 0.25) is 0 Å². The van der Waals surface area contributed by atoms with E-state index in [0.29, 0.717) is 24.7 Å². The van der Waals surface area contributed by atoms with Crippen molar-refractivity contribution in [1.29, 1.82) is 0 Å². The molecule has 0 spiro atoms. The third kappa shape index (κ3) is 11.6. The van der Waals surface area contributed by atoms with Gasteiger partial charge in [0, 0.05) is 36.0 Å². The van der Waals surface area contributed by atoms with E-state index in [1.807, 2.05) is 40.2 Å². The minimum Gasteiger partial charge on any atom is -0.486 e. The lowest BCUT2D eigenvalue weighted by Gasteiger charge is -2.31. The molecule has 260 valence electrons. The molecule has 8 nitrogen and oxygen atoms in total. The summed E-state index contributed by atoms with van der Waals surface area (Å²) in [6.45, 7) is 23.7. The van der Waals surface area contributed by atoms with Crippen molar-refractivity contribution in [1.82, 2.24) is 0 Å². The van der Waals surface area contributed by atoms with E-state index in [1.165, 1.54) is 0 Å². The summed E-state index contributed by atoms with van der Waals surface area (Å²) in [4.78, 5) is 23.9. The van der Waals surface area contributed by atoms with Gasteiger partial charge in [-0.2, -0.15) is 23.5 Å². The molecule has 3 atom stereocenters. The van der Waals surface area contributed by atoms with Gasteiger partial charge in [-0.3, -0.25) is 0 Å². The second-order valence-corrected chi connectivity index (χ2v) is 14.1. The Kier molecular flexibility index (Phi) is 15.9. The largest absolute Gasteiger partial charge is 0.486 e. The smallest absolute Gasteiger partial charge is 0.332 e. The van der Waals surface area contributed by atoms with Gasteiger partial charge in [0.05, 0.1) is 13.2 Å². The monoisotopic (exact) mass is 688 g/mol. The molecule has 0 aromatic heterocycles. The van der Waals surface area contributed by atoms with Gasteiger partial charge in [-0.05, 0) is 80.5 Å². The second kappa shape index (κ2) is 18.6. The summed E-state index contributed by atoms with van der Waals surface area (Å²) in [5.41, 5.74) is 5.66. The topological polar surface area (TPSA) is 89.5 Å². The molecular formula is C37H52O8S2. The molecule has 0 saturated carbocycles. The third-order valence-corrected chi connectivity index (χ3v) is 8.83. The average Bonchev–Trinajstić information content (AvgIpc) is 3.01. The van der Waals surface area contributed by atoms with E-state index in [9.17, 15) is 9.59 Å². The van der Waals surface area contributed by atoms with E-state index in [0.717, 1.165) is 57.0 Å². The zero-order chi connectivity index (χ0) is 35.4. The number of ether oxygens (including phenoxy) is 6. The molecule has 0 N–H and O–H groups in total. The van der Waals surface area contributed by atoms with E-state index < -0.39 is 30.1 Å². The average molecular weight is 689 g/mol. The third-order valence-electron chi connectivity index (χ3n) is 7.68. The summed E-state index contributed by atoms with van der Waals surface area (Å²) >= 11 is 3.30. The molecule has 10 heteroatoms. The number of carbonyl (C=O) groups excluding carboxylic acids is 2. The standard InChI is InChI=1S/C37H52O8S2/c1-13-31(38)43-28(7)35(40-15-17-46-11)44-34-26(5)21-30(22-27(34)6)36(8,9)29-19-24(3)33(25(4)20-29)41-23-37(10,42-16-18-47-12)45-32(39)14-2/h13-14,19-22,28,35H,1-2,15-18,23H2,3-12H3. The fourth-order valence-corrected chi connectivity index (χ4v) is 5.53. The second-order valence-electron chi connectivity index (χ2n) is 12.1. The van der Waals surface area contributed by atoms with E-state index in [1.54, 1.807) is 37.4 Å². The summed E-state index contributed by atoms with van der Waals surface area (Å²) in [5.74, 6) is 0.579. The fourth-order valence-electron chi connectivity index (χ4n) is 5.02. The number of benzene rings is 2.